The van der Waals surface area contributed by atoms with E-state index in [-0.39, 0.29) is 0 Å². The van der Waals surface area contributed by atoms with E-state index in [4.69, 9.17) is 9.47 Å². The number of aromatic nitrogens is 2. The highest BCUT2D eigenvalue weighted by Crippen LogP contribution is 2.38. The van der Waals surface area contributed by atoms with E-state index in [1.54, 1.807) is 0 Å². The van der Waals surface area contributed by atoms with Crippen molar-refractivity contribution in [3.05, 3.63) is 34.4 Å². The van der Waals surface area contributed by atoms with Crippen molar-refractivity contribution in [3.8, 4) is 11.5 Å². The van der Waals surface area contributed by atoms with E-state index >= 15 is 0 Å². The zero-order chi connectivity index (χ0) is 13.8. The van der Waals surface area contributed by atoms with Gasteiger partial charge in [-0.15, -0.1) is 0 Å². The van der Waals surface area contributed by atoms with Gasteiger partial charge in [0.1, 0.15) is 0 Å². The zero-order valence-electron chi connectivity index (χ0n) is 10.8. The van der Waals surface area contributed by atoms with Crippen LogP contribution in [0.5, 0.6) is 11.5 Å². The topological polar surface area (TPSA) is 69.4 Å². The van der Waals surface area contributed by atoms with Crippen LogP contribution >= 0.6 is 15.9 Å². The third-order valence-corrected chi connectivity index (χ3v) is 3.47. The second-order valence-corrected chi connectivity index (χ2v) is 5.26. The third kappa shape index (κ3) is 3.10. The van der Waals surface area contributed by atoms with Crippen molar-refractivity contribution in [2.75, 3.05) is 13.2 Å². The summed E-state index contributed by atoms with van der Waals surface area (Å²) in [5.74, 6) is 2.20. The van der Waals surface area contributed by atoms with Crippen molar-refractivity contribution >= 4 is 15.9 Å². The van der Waals surface area contributed by atoms with Gasteiger partial charge in [0.2, 0.25) is 6.39 Å². The van der Waals surface area contributed by atoms with E-state index in [9.17, 15) is 0 Å². The van der Waals surface area contributed by atoms with Gasteiger partial charge in [-0.25, -0.2) is 0 Å². The van der Waals surface area contributed by atoms with Crippen molar-refractivity contribution in [3.63, 3.8) is 0 Å². The lowest BCUT2D eigenvalue weighted by molar-refractivity contribution is 0.296. The molecule has 0 atom stereocenters. The average Bonchev–Trinajstić information content (AvgIpc) is 2.83. The Hall–Kier alpha value is -1.60. The summed E-state index contributed by atoms with van der Waals surface area (Å²) in [6.45, 7) is 2.60. The van der Waals surface area contributed by atoms with Crippen LogP contribution in [0.1, 0.15) is 17.8 Å². The Morgan fingerprint density at radius 3 is 2.95 bits per heavy atom. The minimum absolute atomic E-state index is 0.558. The fourth-order valence-electron chi connectivity index (χ4n) is 1.98. The summed E-state index contributed by atoms with van der Waals surface area (Å²) >= 11 is 3.53. The van der Waals surface area contributed by atoms with Gasteiger partial charge in [-0.05, 0) is 33.6 Å². The molecule has 0 spiro atoms. The summed E-state index contributed by atoms with van der Waals surface area (Å²) in [7, 11) is 0. The smallest absolute Gasteiger partial charge is 0.213 e. The molecule has 1 N–H and O–H groups in total. The summed E-state index contributed by atoms with van der Waals surface area (Å²) in [6, 6.07) is 4.02. The standard InChI is InChI=1S/C13H14BrN3O3/c14-10-4-9(6-15-7-12-16-8-20-17-12)5-11-13(10)19-3-1-2-18-11/h4-5,8,15H,1-3,6-7H2. The van der Waals surface area contributed by atoms with E-state index in [0.29, 0.717) is 32.1 Å². The van der Waals surface area contributed by atoms with Crippen LogP contribution in [0.15, 0.2) is 27.5 Å². The van der Waals surface area contributed by atoms with Crippen molar-refractivity contribution in [2.24, 2.45) is 0 Å². The Kier molecular flexibility index (Phi) is 4.17. The maximum Gasteiger partial charge on any atom is 0.213 e. The highest BCUT2D eigenvalue weighted by atomic mass is 79.9. The quantitative estimate of drug-likeness (QED) is 0.921. The number of ether oxygens (including phenoxy) is 2. The summed E-state index contributed by atoms with van der Waals surface area (Å²) in [5, 5.41) is 7.00. The molecular formula is C13H14BrN3O3. The van der Waals surface area contributed by atoms with Gasteiger partial charge in [0, 0.05) is 13.0 Å². The SMILES string of the molecule is Brc1cc(CNCc2ncon2)cc2c1OCCCO2. The molecule has 0 bridgehead atoms. The molecule has 0 amide bonds. The molecule has 20 heavy (non-hydrogen) atoms. The minimum Gasteiger partial charge on any atom is -0.490 e. The number of benzene rings is 1. The van der Waals surface area contributed by atoms with Crippen LogP contribution in [0.25, 0.3) is 0 Å². The molecule has 0 aliphatic carbocycles. The van der Waals surface area contributed by atoms with Gasteiger partial charge >= 0.3 is 0 Å². The molecule has 3 rings (SSSR count). The Labute approximate surface area is 124 Å². The number of hydrogen-bond donors (Lipinski definition) is 1. The fraction of sp³-hybridized carbons (Fsp3) is 0.385. The maximum atomic E-state index is 5.70. The average molecular weight is 340 g/mol. The van der Waals surface area contributed by atoms with E-state index in [1.807, 2.05) is 12.1 Å². The number of nitrogens with one attached hydrogen (secondary N) is 1. The number of halogens is 1. The van der Waals surface area contributed by atoms with Gasteiger partial charge in [-0.1, -0.05) is 5.16 Å². The summed E-state index contributed by atoms with van der Waals surface area (Å²) in [5.41, 5.74) is 1.10. The number of nitrogens with zero attached hydrogens (tertiary/aromatic N) is 2. The molecule has 106 valence electrons. The molecule has 1 aromatic carbocycles. The van der Waals surface area contributed by atoms with Crippen LogP contribution in [0, 0.1) is 0 Å². The predicted octanol–water partition coefficient (Wildman–Crippen LogP) is 2.28. The lowest BCUT2D eigenvalue weighted by atomic mass is 10.2. The van der Waals surface area contributed by atoms with Crippen LogP contribution < -0.4 is 14.8 Å². The lowest BCUT2D eigenvalue weighted by Gasteiger charge is -2.12. The molecule has 2 heterocycles. The van der Waals surface area contributed by atoms with E-state index < -0.39 is 0 Å². The molecule has 7 heteroatoms. The Bertz CT molecular complexity index is 574. The Morgan fingerprint density at radius 2 is 2.10 bits per heavy atom. The highest BCUT2D eigenvalue weighted by molar-refractivity contribution is 9.10. The Morgan fingerprint density at radius 1 is 1.20 bits per heavy atom. The molecule has 1 aromatic heterocycles. The lowest BCUT2D eigenvalue weighted by Crippen LogP contribution is -2.13. The normalized spacial score (nSPS) is 14.1. The maximum absolute atomic E-state index is 5.70. The number of hydrogen-bond acceptors (Lipinski definition) is 6. The van der Waals surface area contributed by atoms with Gasteiger partial charge < -0.3 is 19.3 Å². The van der Waals surface area contributed by atoms with Gasteiger partial charge in [-0.2, -0.15) is 4.98 Å². The van der Waals surface area contributed by atoms with Crippen LogP contribution in [0.3, 0.4) is 0 Å². The van der Waals surface area contributed by atoms with Gasteiger partial charge in [0.15, 0.2) is 17.3 Å². The second-order valence-electron chi connectivity index (χ2n) is 4.41. The van der Waals surface area contributed by atoms with E-state index in [0.717, 1.165) is 28.0 Å². The third-order valence-electron chi connectivity index (χ3n) is 2.88. The highest BCUT2D eigenvalue weighted by Gasteiger charge is 2.15. The first-order valence-corrected chi connectivity index (χ1v) is 7.16. The molecule has 0 unspecified atom stereocenters. The zero-order valence-corrected chi connectivity index (χ0v) is 12.4. The van der Waals surface area contributed by atoms with Crippen molar-refractivity contribution in [1.29, 1.82) is 0 Å². The van der Waals surface area contributed by atoms with Crippen LogP contribution in [-0.4, -0.2) is 23.4 Å². The largest absolute Gasteiger partial charge is 0.490 e. The first-order chi connectivity index (χ1) is 9.83. The fourth-order valence-corrected chi connectivity index (χ4v) is 2.58. The van der Waals surface area contributed by atoms with Crippen molar-refractivity contribution < 1.29 is 14.0 Å². The molecule has 6 nitrogen and oxygen atoms in total. The van der Waals surface area contributed by atoms with E-state index in [2.05, 4.69) is 35.9 Å². The summed E-state index contributed by atoms with van der Waals surface area (Å²) in [4.78, 5) is 3.95. The predicted molar refractivity (Wildman–Crippen MR) is 74.6 cm³/mol. The van der Waals surface area contributed by atoms with Crippen molar-refractivity contribution in [2.45, 2.75) is 19.5 Å². The van der Waals surface area contributed by atoms with Gasteiger partial charge in [0.25, 0.3) is 0 Å². The van der Waals surface area contributed by atoms with Crippen LogP contribution in [-0.2, 0) is 13.1 Å². The summed E-state index contributed by atoms with van der Waals surface area (Å²) in [6.07, 6.45) is 2.22. The van der Waals surface area contributed by atoms with Gasteiger partial charge in [0.05, 0.1) is 24.2 Å². The molecular weight excluding hydrogens is 326 g/mol. The van der Waals surface area contributed by atoms with Gasteiger partial charge in [-0.3, -0.25) is 0 Å². The first kappa shape index (κ1) is 13.4. The number of fused-ring (bicyclic) bond motifs is 1. The molecule has 0 saturated heterocycles. The van der Waals surface area contributed by atoms with Crippen LogP contribution in [0.2, 0.25) is 0 Å². The summed E-state index contributed by atoms with van der Waals surface area (Å²) < 4.78 is 17.0. The molecule has 1 aliphatic heterocycles. The first-order valence-electron chi connectivity index (χ1n) is 6.37. The monoisotopic (exact) mass is 339 g/mol. The molecule has 0 saturated carbocycles. The number of rotatable bonds is 4. The molecule has 2 aromatic rings. The van der Waals surface area contributed by atoms with E-state index in [1.165, 1.54) is 6.39 Å². The van der Waals surface area contributed by atoms with Crippen molar-refractivity contribution in [1.82, 2.24) is 15.5 Å². The molecule has 1 aliphatic rings. The second kappa shape index (κ2) is 6.23. The minimum atomic E-state index is 0.558. The van der Waals surface area contributed by atoms with Crippen LogP contribution in [0.4, 0.5) is 0 Å². The molecule has 0 radical (unpaired) electrons. The Balaban J connectivity index is 1.67. The molecule has 0 fully saturated rings.